The molecule has 0 saturated heterocycles. The summed E-state index contributed by atoms with van der Waals surface area (Å²) in [4.78, 5) is 0. The summed E-state index contributed by atoms with van der Waals surface area (Å²) in [6.07, 6.45) is -8.49. The number of hydrogen-bond acceptors (Lipinski definition) is 2. The minimum absolute atomic E-state index is 0.161. The number of alkyl halides is 6. The zero-order valence-electron chi connectivity index (χ0n) is 9.37. The van der Waals surface area contributed by atoms with Crippen molar-refractivity contribution in [1.29, 1.82) is 0 Å². The first-order chi connectivity index (χ1) is 8.44. The number of allylic oxidation sites excluding steroid dienone is 2. The fourth-order valence-corrected chi connectivity index (χ4v) is 5.14. The number of rotatable bonds is 2. The van der Waals surface area contributed by atoms with Crippen molar-refractivity contribution in [2.45, 2.75) is 35.7 Å². The minimum atomic E-state index is -5.84. The molecule has 0 aromatic carbocycles. The van der Waals surface area contributed by atoms with Gasteiger partial charge < -0.3 is 0 Å². The van der Waals surface area contributed by atoms with Gasteiger partial charge in [-0.2, -0.15) is 26.3 Å². The normalized spacial score (nSPS) is 31.4. The summed E-state index contributed by atoms with van der Waals surface area (Å²) in [6, 6.07) is 0. The molecule has 0 aromatic rings. The maximum Gasteiger partial charge on any atom is 0.414 e. The van der Waals surface area contributed by atoms with E-state index in [9.17, 15) is 34.8 Å². The lowest BCUT2D eigenvalue weighted by molar-refractivity contribution is -0.226. The highest BCUT2D eigenvalue weighted by molar-refractivity contribution is 7.92. The van der Waals surface area contributed by atoms with Gasteiger partial charge in [0.2, 0.25) is 0 Å². The highest BCUT2D eigenvalue weighted by atomic mass is 32.2. The SMILES string of the molecule is O=S(=O)(C1CC2C=CC1C2)C(C(F)(F)F)C(F)(F)F. The molecule has 3 atom stereocenters. The predicted molar refractivity (Wildman–Crippen MR) is 54.0 cm³/mol. The fourth-order valence-electron chi connectivity index (χ4n) is 2.84. The van der Waals surface area contributed by atoms with Crippen LogP contribution in [0.25, 0.3) is 0 Å². The lowest BCUT2D eigenvalue weighted by Crippen LogP contribution is -2.52. The van der Waals surface area contributed by atoms with Gasteiger partial charge in [-0.1, -0.05) is 12.2 Å². The molecule has 2 nitrogen and oxygen atoms in total. The van der Waals surface area contributed by atoms with Crippen LogP contribution in [-0.4, -0.2) is 31.3 Å². The van der Waals surface area contributed by atoms with Crippen molar-refractivity contribution < 1.29 is 34.8 Å². The van der Waals surface area contributed by atoms with Crippen molar-refractivity contribution in [3.05, 3.63) is 12.2 Å². The first kappa shape index (κ1) is 14.7. The molecule has 0 spiro atoms. The van der Waals surface area contributed by atoms with Crippen LogP contribution in [0.3, 0.4) is 0 Å². The van der Waals surface area contributed by atoms with Crippen molar-refractivity contribution in [2.75, 3.05) is 0 Å². The third kappa shape index (κ3) is 2.48. The molecule has 1 fully saturated rings. The molecule has 110 valence electrons. The van der Waals surface area contributed by atoms with Gasteiger partial charge in [0.15, 0.2) is 9.84 Å². The molecule has 0 N–H and O–H groups in total. The molecule has 3 unspecified atom stereocenters. The molecule has 0 aliphatic heterocycles. The molecule has 9 heteroatoms. The Kier molecular flexibility index (Phi) is 3.19. The van der Waals surface area contributed by atoms with Gasteiger partial charge in [-0.3, -0.25) is 0 Å². The molecule has 0 aromatic heterocycles. The highest BCUT2D eigenvalue weighted by Crippen LogP contribution is 2.48. The Labute approximate surface area is 105 Å². The van der Waals surface area contributed by atoms with Gasteiger partial charge in [-0.15, -0.1) is 0 Å². The summed E-state index contributed by atoms with van der Waals surface area (Å²) in [5, 5.41) is -5.87. The molecule has 1 saturated carbocycles. The molecular weight excluding hydrogens is 298 g/mol. The van der Waals surface area contributed by atoms with Gasteiger partial charge in [0, 0.05) is 0 Å². The van der Waals surface area contributed by atoms with Crippen molar-refractivity contribution >= 4 is 9.84 Å². The zero-order chi connectivity index (χ0) is 14.6. The van der Waals surface area contributed by atoms with E-state index in [1.165, 1.54) is 6.08 Å². The third-order valence-electron chi connectivity index (χ3n) is 3.56. The van der Waals surface area contributed by atoms with E-state index >= 15 is 0 Å². The predicted octanol–water partition coefficient (Wildman–Crippen LogP) is 2.86. The molecule has 0 heterocycles. The Bertz CT molecular complexity index is 475. The summed E-state index contributed by atoms with van der Waals surface area (Å²) in [7, 11) is -5.35. The highest BCUT2D eigenvalue weighted by Gasteiger charge is 2.66. The van der Waals surface area contributed by atoms with Crippen molar-refractivity contribution in [3.8, 4) is 0 Å². The van der Waals surface area contributed by atoms with Crippen molar-refractivity contribution in [1.82, 2.24) is 0 Å². The van der Waals surface area contributed by atoms with Crippen LogP contribution in [0, 0.1) is 11.8 Å². The maximum absolute atomic E-state index is 12.5. The standard InChI is InChI=1S/C10H10F6O2S/c11-9(12,13)8(10(14,15)16)19(17,18)7-4-5-1-2-6(7)3-5/h1-2,5-8H,3-4H2. The number of fused-ring (bicyclic) bond motifs is 2. The third-order valence-corrected chi connectivity index (χ3v) is 6.14. The summed E-state index contributed by atoms with van der Waals surface area (Å²) in [5.74, 6) is -0.964. The molecule has 19 heavy (non-hydrogen) atoms. The Morgan fingerprint density at radius 1 is 0.947 bits per heavy atom. The van der Waals surface area contributed by atoms with Crippen LogP contribution in [0.5, 0.6) is 0 Å². The van der Waals surface area contributed by atoms with Crippen LogP contribution in [-0.2, 0) is 9.84 Å². The molecule has 2 aliphatic rings. The van der Waals surface area contributed by atoms with Crippen molar-refractivity contribution in [3.63, 3.8) is 0 Å². The maximum atomic E-state index is 12.5. The van der Waals surface area contributed by atoms with E-state index in [2.05, 4.69) is 0 Å². The average molecular weight is 308 g/mol. The van der Waals surface area contributed by atoms with Gasteiger partial charge in [0.25, 0.3) is 5.25 Å². The second-order valence-electron chi connectivity index (χ2n) is 4.87. The molecule has 0 radical (unpaired) electrons. The van der Waals surface area contributed by atoms with Gasteiger partial charge in [-0.25, -0.2) is 8.42 Å². The van der Waals surface area contributed by atoms with E-state index in [1.807, 2.05) is 0 Å². The zero-order valence-corrected chi connectivity index (χ0v) is 10.2. The number of hydrogen-bond donors (Lipinski definition) is 0. The van der Waals surface area contributed by atoms with E-state index < -0.39 is 38.6 Å². The van der Waals surface area contributed by atoms with Gasteiger partial charge in [0.05, 0.1) is 5.25 Å². The quantitative estimate of drug-likeness (QED) is 0.581. The monoisotopic (exact) mass is 308 g/mol. The summed E-state index contributed by atoms with van der Waals surface area (Å²) in [6.45, 7) is 0. The van der Waals surface area contributed by atoms with Crippen LogP contribution in [0.2, 0.25) is 0 Å². The fraction of sp³-hybridized carbons (Fsp3) is 0.800. The van der Waals surface area contributed by atoms with Gasteiger partial charge in [0.1, 0.15) is 0 Å². The second-order valence-corrected chi connectivity index (χ2v) is 7.13. The van der Waals surface area contributed by atoms with Crippen LogP contribution >= 0.6 is 0 Å². The summed E-state index contributed by atoms with van der Waals surface area (Å²) in [5.41, 5.74) is 0. The summed E-state index contributed by atoms with van der Waals surface area (Å²) >= 11 is 0. The van der Waals surface area contributed by atoms with Crippen LogP contribution < -0.4 is 0 Å². The van der Waals surface area contributed by atoms with E-state index in [1.54, 1.807) is 6.08 Å². The average Bonchev–Trinajstić information content (AvgIpc) is 2.71. The second kappa shape index (κ2) is 4.13. The molecule has 0 amide bonds. The topological polar surface area (TPSA) is 34.1 Å². The summed E-state index contributed by atoms with van der Waals surface area (Å²) < 4.78 is 98.4. The Morgan fingerprint density at radius 2 is 1.47 bits per heavy atom. The first-order valence-electron chi connectivity index (χ1n) is 5.48. The lowest BCUT2D eigenvalue weighted by Gasteiger charge is -2.28. The minimum Gasteiger partial charge on any atom is -0.228 e. The Hall–Kier alpha value is -0.730. The lowest BCUT2D eigenvalue weighted by atomic mass is 10.1. The van der Waals surface area contributed by atoms with Gasteiger partial charge in [-0.05, 0) is 24.7 Å². The van der Waals surface area contributed by atoms with Crippen LogP contribution in [0.4, 0.5) is 26.3 Å². The largest absolute Gasteiger partial charge is 0.414 e. The molecule has 2 bridgehead atoms. The number of halogens is 6. The smallest absolute Gasteiger partial charge is 0.228 e. The molecule has 2 aliphatic carbocycles. The molecule has 2 rings (SSSR count). The molecular formula is C10H10F6O2S. The Balaban J connectivity index is 2.39. The number of sulfone groups is 1. The Morgan fingerprint density at radius 3 is 1.79 bits per heavy atom. The first-order valence-corrected chi connectivity index (χ1v) is 7.09. The van der Waals surface area contributed by atoms with E-state index in [0.29, 0.717) is 6.42 Å². The van der Waals surface area contributed by atoms with Crippen molar-refractivity contribution in [2.24, 2.45) is 11.8 Å². The van der Waals surface area contributed by atoms with Crippen LogP contribution in [0.1, 0.15) is 12.8 Å². The van der Waals surface area contributed by atoms with Gasteiger partial charge >= 0.3 is 12.4 Å². The van der Waals surface area contributed by atoms with E-state index in [0.717, 1.165) is 0 Å². The van der Waals surface area contributed by atoms with E-state index in [-0.39, 0.29) is 12.3 Å². The van der Waals surface area contributed by atoms with E-state index in [4.69, 9.17) is 0 Å². The van der Waals surface area contributed by atoms with Crippen LogP contribution in [0.15, 0.2) is 12.2 Å².